The predicted molar refractivity (Wildman–Crippen MR) is 133 cm³/mol. The quantitative estimate of drug-likeness (QED) is 0.231. The third-order valence-electron chi connectivity index (χ3n) is 5.07. The molecular formula is C23H22FN7O4S. The first kappa shape index (κ1) is 24.8. The maximum atomic E-state index is 15.7. The van der Waals surface area contributed by atoms with Crippen molar-refractivity contribution in [1.82, 2.24) is 24.7 Å². The van der Waals surface area contributed by atoms with E-state index in [0.717, 1.165) is 4.68 Å². The van der Waals surface area contributed by atoms with E-state index in [1.807, 2.05) is 0 Å². The van der Waals surface area contributed by atoms with Crippen molar-refractivity contribution in [3.05, 3.63) is 88.1 Å². The van der Waals surface area contributed by atoms with E-state index in [1.54, 1.807) is 30.3 Å². The molecule has 11 nitrogen and oxygen atoms in total. The van der Waals surface area contributed by atoms with Gasteiger partial charge in [0.25, 0.3) is 5.95 Å². The molecule has 0 bridgehead atoms. The number of methoxy groups -OCH3 is 1. The molecule has 0 aliphatic rings. The number of benzene rings is 2. The number of H-pyrrole nitrogens is 1. The molecule has 186 valence electrons. The summed E-state index contributed by atoms with van der Waals surface area (Å²) in [5, 5.41) is 16.6. The highest BCUT2D eigenvalue weighted by atomic mass is 32.1. The van der Waals surface area contributed by atoms with E-state index < -0.39 is 17.5 Å². The first-order chi connectivity index (χ1) is 17.4. The van der Waals surface area contributed by atoms with E-state index >= 15 is 4.39 Å². The van der Waals surface area contributed by atoms with Crippen LogP contribution >= 0.6 is 12.2 Å². The molecule has 4 aromatic rings. The van der Waals surface area contributed by atoms with Gasteiger partial charge < -0.3 is 25.6 Å². The predicted octanol–water partition coefficient (Wildman–Crippen LogP) is 1.71. The second-order valence-electron chi connectivity index (χ2n) is 7.40. The average molecular weight is 512 g/mol. The molecule has 0 saturated carbocycles. The summed E-state index contributed by atoms with van der Waals surface area (Å²) in [6.07, 6.45) is 2.93. The molecule has 2 heterocycles. The number of hydrogen-bond acceptors (Lipinski definition) is 9. The highest BCUT2D eigenvalue weighted by Crippen LogP contribution is 2.34. The van der Waals surface area contributed by atoms with Crippen molar-refractivity contribution in [2.24, 2.45) is 5.73 Å². The van der Waals surface area contributed by atoms with Crippen LogP contribution in [0.2, 0.25) is 0 Å². The lowest BCUT2D eigenvalue weighted by Gasteiger charge is -2.21. The molecular weight excluding hydrogens is 489 g/mol. The van der Waals surface area contributed by atoms with Crippen LogP contribution in [0.15, 0.2) is 59.7 Å². The fourth-order valence-electron chi connectivity index (χ4n) is 3.38. The minimum Gasteiger partial charge on any atom is -0.497 e. The molecule has 2 aromatic heterocycles. The lowest BCUT2D eigenvalue weighted by Crippen LogP contribution is -2.18. The zero-order valence-corrected chi connectivity index (χ0v) is 19.8. The average Bonchev–Trinajstić information content (AvgIpc) is 3.28. The Labute approximate surface area is 209 Å². The van der Waals surface area contributed by atoms with E-state index in [1.165, 1.54) is 31.6 Å². The van der Waals surface area contributed by atoms with Gasteiger partial charge in [-0.3, -0.25) is 4.98 Å². The standard InChI is InChI=1S/C23H22FN7O4S/c1-34-15-11-16(18(24)17(12-15)35-10-9-32)19(28-14-5-3-13(4-6-14)20(25)36)21-29-23(33)31(30-21)22-26-7-2-8-27-22/h2-8,11-12,19,28,32H,9-10H2,1H3,(H2,25,36)(H,29,30,33). The fraction of sp³-hybridized carbons (Fsp3) is 0.174. The smallest absolute Gasteiger partial charge is 0.350 e. The minimum atomic E-state index is -1.01. The molecule has 0 amide bonds. The Hall–Kier alpha value is -4.36. The summed E-state index contributed by atoms with van der Waals surface area (Å²) in [6, 6.07) is 10.2. The Morgan fingerprint density at radius 2 is 2.00 bits per heavy atom. The number of aliphatic hydroxyl groups is 1. The molecule has 4 rings (SSSR count). The molecule has 0 radical (unpaired) electrons. The Kier molecular flexibility index (Phi) is 7.51. The number of hydrogen-bond donors (Lipinski definition) is 4. The molecule has 0 fully saturated rings. The SMILES string of the molecule is COc1cc(OCCO)c(F)c(C(Nc2ccc(C(N)=S)cc2)c2nn(-c3ncccn3)c(=O)[nH]2)c1. The largest absolute Gasteiger partial charge is 0.497 e. The number of rotatable bonds is 10. The Bertz CT molecular complexity index is 1410. The van der Waals surface area contributed by atoms with Crippen LogP contribution in [-0.4, -0.2) is 55.2 Å². The van der Waals surface area contributed by atoms with Crippen LogP contribution in [0.25, 0.3) is 5.95 Å². The summed E-state index contributed by atoms with van der Waals surface area (Å²) >= 11 is 5.00. The third kappa shape index (κ3) is 5.31. The number of nitrogens with two attached hydrogens (primary N) is 1. The van der Waals surface area contributed by atoms with Gasteiger partial charge in [-0.05, 0) is 36.4 Å². The van der Waals surface area contributed by atoms with Crippen molar-refractivity contribution >= 4 is 22.9 Å². The van der Waals surface area contributed by atoms with Crippen LogP contribution < -0.4 is 26.2 Å². The van der Waals surface area contributed by atoms with Gasteiger partial charge in [0.2, 0.25) is 0 Å². The van der Waals surface area contributed by atoms with Gasteiger partial charge in [-0.15, -0.1) is 9.78 Å². The van der Waals surface area contributed by atoms with Crippen molar-refractivity contribution in [1.29, 1.82) is 0 Å². The second kappa shape index (κ2) is 10.9. The minimum absolute atomic E-state index is 0.0441. The number of nitrogens with one attached hydrogen (secondary N) is 2. The Morgan fingerprint density at radius 3 is 2.64 bits per heavy atom. The molecule has 2 aromatic carbocycles. The normalized spacial score (nSPS) is 11.6. The Morgan fingerprint density at radius 1 is 1.28 bits per heavy atom. The molecule has 0 saturated heterocycles. The summed E-state index contributed by atoms with van der Waals surface area (Å²) in [6.45, 7) is -0.434. The summed E-state index contributed by atoms with van der Waals surface area (Å²) in [7, 11) is 1.42. The van der Waals surface area contributed by atoms with Gasteiger partial charge in [-0.2, -0.15) is 0 Å². The van der Waals surface area contributed by atoms with Gasteiger partial charge in [-0.1, -0.05) is 12.2 Å². The van der Waals surface area contributed by atoms with Gasteiger partial charge in [0, 0.05) is 35.3 Å². The molecule has 0 spiro atoms. The van der Waals surface area contributed by atoms with Crippen LogP contribution in [0.3, 0.4) is 0 Å². The van der Waals surface area contributed by atoms with Crippen molar-refractivity contribution in [3.8, 4) is 17.4 Å². The maximum absolute atomic E-state index is 15.7. The van der Waals surface area contributed by atoms with Gasteiger partial charge in [0.05, 0.1) is 13.7 Å². The van der Waals surface area contributed by atoms with Crippen LogP contribution in [-0.2, 0) is 0 Å². The van der Waals surface area contributed by atoms with E-state index in [4.69, 9.17) is 32.5 Å². The second-order valence-corrected chi connectivity index (χ2v) is 7.84. The molecule has 1 unspecified atom stereocenters. The molecule has 5 N–H and O–H groups in total. The number of aliphatic hydroxyl groups excluding tert-OH is 1. The maximum Gasteiger partial charge on any atom is 0.350 e. The first-order valence-corrected chi connectivity index (χ1v) is 11.1. The van der Waals surface area contributed by atoms with Gasteiger partial charge in [0.1, 0.15) is 23.4 Å². The number of aromatic nitrogens is 5. The highest BCUT2D eigenvalue weighted by molar-refractivity contribution is 7.80. The van der Waals surface area contributed by atoms with Crippen LogP contribution in [0.1, 0.15) is 23.0 Å². The zero-order chi connectivity index (χ0) is 25.7. The zero-order valence-electron chi connectivity index (χ0n) is 19.0. The fourth-order valence-corrected chi connectivity index (χ4v) is 3.52. The summed E-state index contributed by atoms with van der Waals surface area (Å²) < 4.78 is 27.3. The Balaban J connectivity index is 1.84. The third-order valence-corrected chi connectivity index (χ3v) is 5.30. The highest BCUT2D eigenvalue weighted by Gasteiger charge is 2.27. The summed E-state index contributed by atoms with van der Waals surface area (Å²) in [4.78, 5) is 23.7. The van der Waals surface area contributed by atoms with Crippen molar-refractivity contribution in [2.45, 2.75) is 6.04 Å². The van der Waals surface area contributed by atoms with Crippen molar-refractivity contribution in [2.75, 3.05) is 25.6 Å². The van der Waals surface area contributed by atoms with Gasteiger partial charge >= 0.3 is 5.69 Å². The van der Waals surface area contributed by atoms with E-state index in [2.05, 4.69) is 25.4 Å². The molecule has 0 aliphatic heterocycles. The molecule has 1 atom stereocenters. The van der Waals surface area contributed by atoms with E-state index in [0.29, 0.717) is 17.0 Å². The number of thiocarbonyl (C=S) groups is 1. The summed E-state index contributed by atoms with van der Waals surface area (Å²) in [5.74, 6) is -0.452. The number of halogens is 1. The van der Waals surface area contributed by atoms with Crippen molar-refractivity contribution in [3.63, 3.8) is 0 Å². The number of ether oxygens (including phenoxy) is 2. The first-order valence-electron chi connectivity index (χ1n) is 10.7. The van der Waals surface area contributed by atoms with E-state index in [9.17, 15) is 4.79 Å². The van der Waals surface area contributed by atoms with E-state index in [-0.39, 0.29) is 41.3 Å². The number of aromatic amines is 1. The number of nitrogens with zero attached hydrogens (tertiary/aromatic N) is 4. The summed E-state index contributed by atoms with van der Waals surface area (Å²) in [5.41, 5.74) is 6.34. The van der Waals surface area contributed by atoms with Gasteiger partial charge in [0.15, 0.2) is 17.4 Å². The topological polar surface area (TPSA) is 153 Å². The lowest BCUT2D eigenvalue weighted by atomic mass is 10.0. The van der Waals surface area contributed by atoms with Gasteiger partial charge in [-0.25, -0.2) is 19.2 Å². The lowest BCUT2D eigenvalue weighted by molar-refractivity contribution is 0.195. The van der Waals surface area contributed by atoms with Crippen LogP contribution in [0.5, 0.6) is 11.5 Å². The molecule has 13 heteroatoms. The molecule has 0 aliphatic carbocycles. The van der Waals surface area contributed by atoms with Crippen molar-refractivity contribution < 1.29 is 19.0 Å². The number of anilines is 1. The monoisotopic (exact) mass is 511 g/mol. The van der Waals surface area contributed by atoms with Crippen LogP contribution in [0.4, 0.5) is 10.1 Å². The van der Waals surface area contributed by atoms with Crippen LogP contribution in [0, 0.1) is 5.82 Å². The molecule has 36 heavy (non-hydrogen) atoms.